The molecule has 0 radical (unpaired) electrons. The highest BCUT2D eigenvalue weighted by Gasteiger charge is 2.45. The van der Waals surface area contributed by atoms with Gasteiger partial charge in [-0.25, -0.2) is 13.6 Å². The molecule has 132 valence electrons. The van der Waals surface area contributed by atoms with Crippen LogP contribution in [0.4, 0.5) is 14.5 Å². The summed E-state index contributed by atoms with van der Waals surface area (Å²) in [5.41, 5.74) is -0.706. The highest BCUT2D eigenvalue weighted by Crippen LogP contribution is 2.48. The molecule has 1 heterocycles. The topological polar surface area (TPSA) is 84.2 Å². The lowest BCUT2D eigenvalue weighted by molar-refractivity contribution is -0.146. The van der Waals surface area contributed by atoms with Crippen molar-refractivity contribution < 1.29 is 23.5 Å². The number of nitrogens with zero attached hydrogens (tertiary/aromatic N) is 2. The molecular weight excluding hydrogens is 332 g/mol. The zero-order chi connectivity index (χ0) is 18.4. The number of benzene rings is 1. The first-order chi connectivity index (χ1) is 11.7. The summed E-state index contributed by atoms with van der Waals surface area (Å²) in [6, 6.07) is 3.20. The molecule has 0 bridgehead atoms. The van der Waals surface area contributed by atoms with Crippen molar-refractivity contribution >= 4 is 17.6 Å². The van der Waals surface area contributed by atoms with E-state index in [1.54, 1.807) is 0 Å². The molecule has 1 fully saturated rings. The van der Waals surface area contributed by atoms with Crippen LogP contribution in [-0.4, -0.2) is 26.8 Å². The van der Waals surface area contributed by atoms with Crippen LogP contribution in [0.25, 0.3) is 0 Å². The molecule has 2 N–H and O–H groups in total. The first-order valence-corrected chi connectivity index (χ1v) is 7.74. The fourth-order valence-electron chi connectivity index (χ4n) is 2.65. The lowest BCUT2D eigenvalue weighted by atomic mass is 10.1. The Kier molecular flexibility index (Phi) is 4.06. The minimum absolute atomic E-state index is 0.197. The van der Waals surface area contributed by atoms with E-state index < -0.39 is 29.1 Å². The van der Waals surface area contributed by atoms with Crippen molar-refractivity contribution in [3.63, 3.8) is 0 Å². The summed E-state index contributed by atoms with van der Waals surface area (Å²) in [6.45, 7) is 2.97. The summed E-state index contributed by atoms with van der Waals surface area (Å²) in [5.74, 6) is -3.27. The largest absolute Gasteiger partial charge is 0.479 e. The fraction of sp³-hybridized carbons (Fsp3) is 0.353. The SMILES string of the molecule is CC(C)(C(=O)O)n1cc(NC(=O)C2CC2c2cc(F)ccc2F)cn1. The van der Waals surface area contributed by atoms with Gasteiger partial charge in [-0.1, -0.05) is 0 Å². The van der Waals surface area contributed by atoms with Gasteiger partial charge in [0.25, 0.3) is 0 Å². The number of carboxylic acids is 1. The zero-order valence-electron chi connectivity index (χ0n) is 13.7. The van der Waals surface area contributed by atoms with E-state index in [0.29, 0.717) is 12.1 Å². The smallest absolute Gasteiger partial charge is 0.331 e. The first-order valence-electron chi connectivity index (χ1n) is 7.74. The standard InChI is InChI=1S/C17H17F2N3O3/c1-17(2,16(24)25)22-8-10(7-20-22)21-15(23)13-6-11(13)12-5-9(18)3-4-14(12)19/h3-5,7-8,11,13H,6H2,1-2H3,(H,21,23)(H,24,25). The lowest BCUT2D eigenvalue weighted by Crippen LogP contribution is -2.35. The Morgan fingerprint density at radius 3 is 2.76 bits per heavy atom. The van der Waals surface area contributed by atoms with E-state index in [1.165, 1.54) is 30.9 Å². The van der Waals surface area contributed by atoms with Crippen LogP contribution in [-0.2, 0) is 15.1 Å². The number of carbonyl (C=O) groups is 2. The summed E-state index contributed by atoms with van der Waals surface area (Å²) >= 11 is 0. The number of aliphatic carboxylic acids is 1. The van der Waals surface area contributed by atoms with Gasteiger partial charge in [-0.05, 0) is 49.9 Å². The average molecular weight is 349 g/mol. The molecular formula is C17H17F2N3O3. The number of anilines is 1. The molecule has 2 aromatic rings. The minimum atomic E-state index is -1.25. The monoisotopic (exact) mass is 349 g/mol. The Labute approximate surface area is 142 Å². The van der Waals surface area contributed by atoms with Crippen LogP contribution >= 0.6 is 0 Å². The molecule has 1 aromatic carbocycles. The highest BCUT2D eigenvalue weighted by molar-refractivity contribution is 5.95. The van der Waals surface area contributed by atoms with Gasteiger partial charge in [0.15, 0.2) is 5.54 Å². The molecule has 3 rings (SSSR count). The molecule has 1 saturated carbocycles. The van der Waals surface area contributed by atoms with Crippen molar-refractivity contribution in [3.8, 4) is 0 Å². The third-order valence-electron chi connectivity index (χ3n) is 4.43. The van der Waals surface area contributed by atoms with Crippen LogP contribution in [0.5, 0.6) is 0 Å². The second-order valence-electron chi connectivity index (χ2n) is 6.64. The molecule has 1 amide bonds. The quantitative estimate of drug-likeness (QED) is 0.869. The maximum atomic E-state index is 13.8. The summed E-state index contributed by atoms with van der Waals surface area (Å²) in [7, 11) is 0. The summed E-state index contributed by atoms with van der Waals surface area (Å²) < 4.78 is 28.3. The Bertz CT molecular complexity index is 847. The molecule has 0 aliphatic heterocycles. The molecule has 2 unspecified atom stereocenters. The third kappa shape index (κ3) is 3.24. The van der Waals surface area contributed by atoms with Crippen LogP contribution in [0.3, 0.4) is 0 Å². The van der Waals surface area contributed by atoms with Gasteiger partial charge in [0.1, 0.15) is 11.6 Å². The van der Waals surface area contributed by atoms with Crippen molar-refractivity contribution in [3.05, 3.63) is 47.8 Å². The van der Waals surface area contributed by atoms with Crippen molar-refractivity contribution in [2.75, 3.05) is 5.32 Å². The van der Waals surface area contributed by atoms with Gasteiger partial charge in [0.05, 0.1) is 11.9 Å². The summed E-state index contributed by atoms with van der Waals surface area (Å²) in [4.78, 5) is 23.5. The predicted molar refractivity (Wildman–Crippen MR) is 85.0 cm³/mol. The number of carbonyl (C=O) groups excluding carboxylic acids is 1. The van der Waals surface area contributed by atoms with Crippen LogP contribution in [0.1, 0.15) is 31.7 Å². The third-order valence-corrected chi connectivity index (χ3v) is 4.43. The average Bonchev–Trinajstić information content (AvgIpc) is 3.20. The number of hydrogen-bond acceptors (Lipinski definition) is 3. The van der Waals surface area contributed by atoms with E-state index in [9.17, 15) is 23.5 Å². The fourth-order valence-corrected chi connectivity index (χ4v) is 2.65. The normalized spacial score (nSPS) is 19.5. The molecule has 6 nitrogen and oxygen atoms in total. The van der Waals surface area contributed by atoms with Gasteiger partial charge in [0, 0.05) is 12.1 Å². The Morgan fingerprint density at radius 2 is 2.08 bits per heavy atom. The maximum absolute atomic E-state index is 13.8. The van der Waals surface area contributed by atoms with Gasteiger partial charge in [-0.15, -0.1) is 0 Å². The molecule has 2 atom stereocenters. The van der Waals surface area contributed by atoms with E-state index in [0.717, 1.165) is 18.2 Å². The molecule has 1 aromatic heterocycles. The van der Waals surface area contributed by atoms with Gasteiger partial charge in [-0.3, -0.25) is 9.48 Å². The van der Waals surface area contributed by atoms with Crippen LogP contribution in [0.2, 0.25) is 0 Å². The van der Waals surface area contributed by atoms with Crippen LogP contribution < -0.4 is 5.32 Å². The summed E-state index contributed by atoms with van der Waals surface area (Å²) in [5, 5.41) is 15.8. The molecule has 25 heavy (non-hydrogen) atoms. The number of nitrogens with one attached hydrogen (secondary N) is 1. The molecule has 8 heteroatoms. The number of rotatable bonds is 5. The molecule has 0 saturated heterocycles. The lowest BCUT2D eigenvalue weighted by Gasteiger charge is -2.19. The first kappa shape index (κ1) is 17.1. The van der Waals surface area contributed by atoms with Crippen LogP contribution in [0, 0.1) is 17.6 Å². The zero-order valence-corrected chi connectivity index (χ0v) is 13.7. The molecule has 1 aliphatic rings. The van der Waals surface area contributed by atoms with Gasteiger partial charge < -0.3 is 10.4 Å². The van der Waals surface area contributed by atoms with Crippen molar-refractivity contribution in [2.24, 2.45) is 5.92 Å². The number of carboxylic acid groups (broad SMARTS) is 1. The Morgan fingerprint density at radius 1 is 1.36 bits per heavy atom. The van der Waals surface area contributed by atoms with E-state index in [-0.39, 0.29) is 17.4 Å². The van der Waals surface area contributed by atoms with E-state index >= 15 is 0 Å². The van der Waals surface area contributed by atoms with E-state index in [4.69, 9.17) is 0 Å². The Balaban J connectivity index is 1.68. The summed E-state index contributed by atoms with van der Waals surface area (Å²) in [6.07, 6.45) is 3.20. The van der Waals surface area contributed by atoms with Crippen molar-refractivity contribution in [2.45, 2.75) is 31.7 Å². The van der Waals surface area contributed by atoms with Crippen molar-refractivity contribution in [1.29, 1.82) is 0 Å². The van der Waals surface area contributed by atoms with Gasteiger partial charge in [0.2, 0.25) is 5.91 Å². The van der Waals surface area contributed by atoms with E-state index in [2.05, 4.69) is 10.4 Å². The number of halogens is 2. The Hall–Kier alpha value is -2.77. The molecule has 1 aliphatic carbocycles. The number of aromatic nitrogens is 2. The van der Waals surface area contributed by atoms with E-state index in [1.807, 2.05) is 0 Å². The second-order valence-corrected chi connectivity index (χ2v) is 6.64. The van der Waals surface area contributed by atoms with Gasteiger partial charge >= 0.3 is 5.97 Å². The van der Waals surface area contributed by atoms with Crippen molar-refractivity contribution in [1.82, 2.24) is 9.78 Å². The maximum Gasteiger partial charge on any atom is 0.331 e. The highest BCUT2D eigenvalue weighted by atomic mass is 19.1. The molecule has 0 spiro atoms. The van der Waals surface area contributed by atoms with Gasteiger partial charge in [-0.2, -0.15) is 5.10 Å². The van der Waals surface area contributed by atoms with Crippen LogP contribution in [0.15, 0.2) is 30.6 Å². The number of hydrogen-bond donors (Lipinski definition) is 2. The minimum Gasteiger partial charge on any atom is -0.479 e. The second kappa shape index (κ2) is 5.94. The predicted octanol–water partition coefficient (Wildman–Crippen LogP) is 2.72. The number of amides is 1.